The van der Waals surface area contributed by atoms with Crippen molar-refractivity contribution in [1.82, 2.24) is 10.6 Å². The fourth-order valence-electron chi connectivity index (χ4n) is 1.35. The maximum Gasteiger partial charge on any atom is 0.146 e. The number of hydrogen-bond acceptors (Lipinski definition) is 3. The van der Waals surface area contributed by atoms with Crippen LogP contribution in [0.5, 0.6) is 0 Å². The van der Waals surface area contributed by atoms with E-state index in [1.807, 2.05) is 0 Å². The van der Waals surface area contributed by atoms with Crippen molar-refractivity contribution in [3.8, 4) is 0 Å². The van der Waals surface area contributed by atoms with E-state index in [2.05, 4.69) is 10.6 Å². The van der Waals surface area contributed by atoms with Crippen molar-refractivity contribution in [3.05, 3.63) is 34.6 Å². The predicted molar refractivity (Wildman–Crippen MR) is 67.9 cm³/mol. The molecule has 0 atom stereocenters. The van der Waals surface area contributed by atoms with Gasteiger partial charge in [0.15, 0.2) is 0 Å². The Kier molecular flexibility index (Phi) is 7.84. The summed E-state index contributed by atoms with van der Waals surface area (Å²) >= 11 is 5.65. The molecule has 0 heterocycles. The summed E-state index contributed by atoms with van der Waals surface area (Å²) in [4.78, 5) is 0. The molecule has 102 valence electrons. The van der Waals surface area contributed by atoms with E-state index in [1.54, 1.807) is 12.1 Å². The fourth-order valence-corrected chi connectivity index (χ4v) is 1.55. The lowest BCUT2D eigenvalue weighted by atomic mass is 10.2. The Morgan fingerprint density at radius 1 is 1.22 bits per heavy atom. The zero-order valence-corrected chi connectivity index (χ0v) is 10.8. The monoisotopic (exact) mass is 278 g/mol. The summed E-state index contributed by atoms with van der Waals surface area (Å²) < 4.78 is 30.4. The van der Waals surface area contributed by atoms with Gasteiger partial charge in [-0.1, -0.05) is 23.7 Å². The van der Waals surface area contributed by atoms with Gasteiger partial charge in [0.2, 0.25) is 0 Å². The van der Waals surface area contributed by atoms with Crippen molar-refractivity contribution >= 4 is 11.6 Å². The first-order valence-electron chi connectivity index (χ1n) is 5.73. The van der Waals surface area contributed by atoms with Gasteiger partial charge in [-0.15, -0.1) is 0 Å². The largest absolute Gasteiger partial charge is 0.365 e. The zero-order valence-electron chi connectivity index (χ0n) is 10.0. The van der Waals surface area contributed by atoms with Crippen LogP contribution in [0.4, 0.5) is 8.78 Å². The topological polar surface area (TPSA) is 33.3 Å². The van der Waals surface area contributed by atoms with Crippen LogP contribution in [0.15, 0.2) is 18.2 Å². The van der Waals surface area contributed by atoms with Gasteiger partial charge in [0, 0.05) is 25.2 Å². The molecule has 1 aromatic rings. The van der Waals surface area contributed by atoms with Crippen LogP contribution >= 0.6 is 11.6 Å². The molecule has 6 heteroatoms. The molecule has 2 N–H and O–H groups in total. The molecular formula is C12H17ClF2N2O. The van der Waals surface area contributed by atoms with E-state index in [0.29, 0.717) is 38.5 Å². The summed E-state index contributed by atoms with van der Waals surface area (Å²) in [5.74, 6) is -0.406. The highest BCUT2D eigenvalue weighted by Crippen LogP contribution is 2.17. The minimum absolute atomic E-state index is 0.116. The number of hydrogen-bond donors (Lipinski definition) is 2. The van der Waals surface area contributed by atoms with E-state index >= 15 is 0 Å². The molecule has 0 bridgehead atoms. The molecule has 18 heavy (non-hydrogen) atoms. The fraction of sp³-hybridized carbons (Fsp3) is 0.500. The second kappa shape index (κ2) is 9.22. The molecule has 0 saturated heterocycles. The first kappa shape index (κ1) is 15.3. The smallest absolute Gasteiger partial charge is 0.146 e. The third kappa shape index (κ3) is 5.73. The van der Waals surface area contributed by atoms with Crippen LogP contribution in [0.2, 0.25) is 5.02 Å². The summed E-state index contributed by atoms with van der Waals surface area (Å²) in [6.45, 7) is 1.69. The first-order chi connectivity index (χ1) is 8.75. The molecule has 3 nitrogen and oxygen atoms in total. The summed E-state index contributed by atoms with van der Waals surface area (Å²) in [6.07, 6.45) is 0. The van der Waals surface area contributed by atoms with Crippen molar-refractivity contribution in [3.63, 3.8) is 0 Å². The van der Waals surface area contributed by atoms with Gasteiger partial charge in [-0.3, -0.25) is 5.32 Å². The average molecular weight is 279 g/mol. The minimum atomic E-state index is -0.406. The van der Waals surface area contributed by atoms with E-state index in [9.17, 15) is 8.78 Å². The van der Waals surface area contributed by atoms with Crippen molar-refractivity contribution in [2.45, 2.75) is 6.54 Å². The third-order valence-corrected chi connectivity index (χ3v) is 2.54. The molecule has 0 aliphatic rings. The molecule has 1 aromatic carbocycles. The quantitative estimate of drug-likeness (QED) is 0.536. The Balaban J connectivity index is 2.09. The highest BCUT2D eigenvalue weighted by molar-refractivity contribution is 6.30. The summed E-state index contributed by atoms with van der Waals surface area (Å²) in [7, 11) is 0. The molecule has 0 amide bonds. The lowest BCUT2D eigenvalue weighted by Crippen LogP contribution is -2.25. The Morgan fingerprint density at radius 2 is 2.06 bits per heavy atom. The normalized spacial score (nSPS) is 10.8. The number of halogens is 3. The highest BCUT2D eigenvalue weighted by atomic mass is 35.5. The Hall–Kier alpha value is -0.750. The lowest BCUT2D eigenvalue weighted by Gasteiger charge is -2.08. The maximum absolute atomic E-state index is 13.5. The Morgan fingerprint density at radius 3 is 2.83 bits per heavy atom. The van der Waals surface area contributed by atoms with Crippen LogP contribution in [0.1, 0.15) is 5.56 Å². The standard InChI is InChI=1S/C12H17ClF2N2O/c13-11-3-1-2-10(12(11)15)8-17-9-18-7-6-16-5-4-14/h1-3,16-17H,4-9H2. The van der Waals surface area contributed by atoms with Crippen LogP contribution in [-0.2, 0) is 11.3 Å². The summed E-state index contributed by atoms with van der Waals surface area (Å²) in [5.41, 5.74) is 0.502. The average Bonchev–Trinajstić information content (AvgIpc) is 2.37. The van der Waals surface area contributed by atoms with Gasteiger partial charge in [0.25, 0.3) is 0 Å². The van der Waals surface area contributed by atoms with Gasteiger partial charge in [-0.05, 0) is 6.07 Å². The Bertz CT molecular complexity index is 353. The van der Waals surface area contributed by atoms with Gasteiger partial charge >= 0.3 is 0 Å². The van der Waals surface area contributed by atoms with E-state index in [1.165, 1.54) is 6.07 Å². The van der Waals surface area contributed by atoms with Gasteiger partial charge in [-0.2, -0.15) is 0 Å². The van der Waals surface area contributed by atoms with Crippen LogP contribution in [0.25, 0.3) is 0 Å². The molecule has 0 spiro atoms. The molecule has 0 fully saturated rings. The van der Waals surface area contributed by atoms with Crippen molar-refractivity contribution in [1.29, 1.82) is 0 Å². The molecule has 0 aromatic heterocycles. The van der Waals surface area contributed by atoms with Gasteiger partial charge in [-0.25, -0.2) is 8.78 Å². The van der Waals surface area contributed by atoms with Crippen LogP contribution in [-0.4, -0.2) is 33.1 Å². The number of benzene rings is 1. The van der Waals surface area contributed by atoms with E-state index in [4.69, 9.17) is 16.3 Å². The molecule has 1 rings (SSSR count). The molecule has 0 aliphatic heterocycles. The molecule has 0 radical (unpaired) electrons. The predicted octanol–water partition coefficient (Wildman–Crippen LogP) is 2.10. The molecule has 0 saturated carbocycles. The Labute approximate surface area is 110 Å². The first-order valence-corrected chi connectivity index (χ1v) is 6.11. The van der Waals surface area contributed by atoms with Crippen molar-refractivity contribution < 1.29 is 13.5 Å². The molecule has 0 aliphatic carbocycles. The second-order valence-corrected chi connectivity index (χ2v) is 4.04. The number of ether oxygens (including phenoxy) is 1. The number of nitrogens with one attached hydrogen (secondary N) is 2. The SMILES string of the molecule is FCCNCCOCNCc1cccc(Cl)c1F. The van der Waals surface area contributed by atoms with E-state index < -0.39 is 5.82 Å². The van der Waals surface area contributed by atoms with E-state index in [-0.39, 0.29) is 11.7 Å². The van der Waals surface area contributed by atoms with Crippen molar-refractivity contribution in [2.24, 2.45) is 0 Å². The van der Waals surface area contributed by atoms with Gasteiger partial charge in [0.05, 0.1) is 18.4 Å². The van der Waals surface area contributed by atoms with Crippen LogP contribution < -0.4 is 10.6 Å². The van der Waals surface area contributed by atoms with Gasteiger partial charge in [0.1, 0.15) is 12.5 Å². The third-order valence-electron chi connectivity index (χ3n) is 2.25. The number of rotatable bonds is 9. The summed E-state index contributed by atoms with van der Waals surface area (Å²) in [5, 5.41) is 5.91. The highest BCUT2D eigenvalue weighted by Gasteiger charge is 2.04. The maximum atomic E-state index is 13.5. The minimum Gasteiger partial charge on any atom is -0.365 e. The lowest BCUT2D eigenvalue weighted by molar-refractivity contribution is 0.117. The summed E-state index contributed by atoms with van der Waals surface area (Å²) in [6, 6.07) is 4.87. The van der Waals surface area contributed by atoms with E-state index in [0.717, 1.165) is 0 Å². The zero-order chi connectivity index (χ0) is 13.2. The van der Waals surface area contributed by atoms with Crippen LogP contribution in [0.3, 0.4) is 0 Å². The number of alkyl halides is 1. The van der Waals surface area contributed by atoms with Crippen molar-refractivity contribution in [2.75, 3.05) is 33.1 Å². The second-order valence-electron chi connectivity index (χ2n) is 3.63. The molecule has 0 unspecified atom stereocenters. The van der Waals surface area contributed by atoms with Gasteiger partial charge < -0.3 is 10.1 Å². The van der Waals surface area contributed by atoms with Crippen LogP contribution in [0, 0.1) is 5.82 Å². The molecular weight excluding hydrogens is 262 g/mol.